The van der Waals surface area contributed by atoms with Crippen LogP contribution in [0.5, 0.6) is 17.5 Å². The van der Waals surface area contributed by atoms with E-state index in [4.69, 9.17) is 47.6 Å². The molecule has 0 radical (unpaired) electrons. The molecule has 13 nitrogen and oxygen atoms in total. The van der Waals surface area contributed by atoms with Crippen molar-refractivity contribution >= 4 is 39.0 Å². The van der Waals surface area contributed by atoms with E-state index >= 15 is 0 Å². The number of aliphatic carboxylic acids is 1. The van der Waals surface area contributed by atoms with Crippen molar-refractivity contribution in [3.8, 4) is 39.8 Å². The van der Waals surface area contributed by atoms with Gasteiger partial charge in [-0.2, -0.15) is 4.98 Å². The Bertz CT molecular complexity index is 2330. The fraction of sp³-hybridized carbons (Fsp3) is 0.310. The van der Waals surface area contributed by atoms with Gasteiger partial charge in [-0.25, -0.2) is 8.42 Å². The topological polar surface area (TPSA) is 189 Å². The predicted molar refractivity (Wildman–Crippen MR) is 220 cm³/mol. The van der Waals surface area contributed by atoms with Crippen molar-refractivity contribution in [3.63, 3.8) is 0 Å². The number of rotatable bonds is 20. The molecule has 1 aliphatic carbocycles. The van der Waals surface area contributed by atoms with E-state index in [1.54, 1.807) is 6.07 Å². The van der Waals surface area contributed by atoms with Gasteiger partial charge in [0.15, 0.2) is 9.84 Å². The third kappa shape index (κ3) is 11.0. The first-order chi connectivity index (χ1) is 27.9. The van der Waals surface area contributed by atoms with E-state index in [-0.39, 0.29) is 48.0 Å². The van der Waals surface area contributed by atoms with Gasteiger partial charge >= 0.3 is 5.97 Å². The molecule has 0 amide bonds. The minimum atomic E-state index is -3.51. The molecular formula is C42H44Cl2N4O9S. The number of carbonyl (C=O) groups is 1. The van der Waals surface area contributed by atoms with E-state index in [0.717, 1.165) is 45.4 Å². The van der Waals surface area contributed by atoms with Gasteiger partial charge in [0.1, 0.15) is 30.1 Å². The maximum absolute atomic E-state index is 12.1. The molecule has 2 aromatic heterocycles. The van der Waals surface area contributed by atoms with Crippen LogP contribution in [0.15, 0.2) is 90.1 Å². The van der Waals surface area contributed by atoms with Gasteiger partial charge < -0.3 is 40.2 Å². The van der Waals surface area contributed by atoms with E-state index in [1.165, 1.54) is 18.5 Å². The molecule has 2 heterocycles. The zero-order valence-electron chi connectivity index (χ0n) is 31.7. The molecule has 5 N–H and O–H groups in total. The summed E-state index contributed by atoms with van der Waals surface area (Å²) in [4.78, 5) is 19.8. The molecule has 0 fully saturated rings. The quantitative estimate of drug-likeness (QED) is 0.0570. The van der Waals surface area contributed by atoms with Crippen molar-refractivity contribution in [2.24, 2.45) is 0 Å². The van der Waals surface area contributed by atoms with E-state index in [9.17, 15) is 18.3 Å². The minimum absolute atomic E-state index is 0.0112. The largest absolute Gasteiger partial charge is 0.492 e. The van der Waals surface area contributed by atoms with E-state index in [1.807, 2.05) is 60.7 Å². The summed E-state index contributed by atoms with van der Waals surface area (Å²) >= 11 is 13.9. The molecule has 5 aromatic rings. The number of carboxylic acids is 1. The molecule has 16 heteroatoms. The molecule has 1 aliphatic rings. The van der Waals surface area contributed by atoms with Gasteiger partial charge in [0.05, 0.1) is 29.0 Å². The average Bonchev–Trinajstić information content (AvgIpc) is 3.61. The van der Waals surface area contributed by atoms with Crippen LogP contribution >= 0.6 is 23.2 Å². The summed E-state index contributed by atoms with van der Waals surface area (Å²) in [6.45, 7) is 1.74. The second-order valence-corrected chi connectivity index (χ2v) is 16.5. The van der Waals surface area contributed by atoms with Gasteiger partial charge in [-0.1, -0.05) is 71.7 Å². The second-order valence-electron chi connectivity index (χ2n) is 13.7. The zero-order chi connectivity index (χ0) is 41.2. The molecule has 0 saturated heterocycles. The summed E-state index contributed by atoms with van der Waals surface area (Å²) in [5.41, 5.74) is 6.76. The number of ether oxygens (including phenoxy) is 3. The Morgan fingerprint density at radius 2 is 1.71 bits per heavy atom. The van der Waals surface area contributed by atoms with Crippen LogP contribution in [0.3, 0.4) is 0 Å². The monoisotopic (exact) mass is 850 g/mol. The lowest BCUT2D eigenvalue weighted by Gasteiger charge is -2.19. The van der Waals surface area contributed by atoms with Crippen LogP contribution in [0, 0.1) is 0 Å². The Hall–Kier alpha value is -4.80. The van der Waals surface area contributed by atoms with Crippen LogP contribution in [0.1, 0.15) is 41.2 Å². The maximum Gasteiger partial charge on any atom is 0.306 e. The molecule has 58 heavy (non-hydrogen) atoms. The minimum Gasteiger partial charge on any atom is -0.492 e. The maximum atomic E-state index is 12.1. The van der Waals surface area contributed by atoms with Crippen LogP contribution in [0.25, 0.3) is 22.3 Å². The molecule has 0 spiro atoms. The lowest BCUT2D eigenvalue weighted by Crippen LogP contribution is -2.28. The zero-order valence-corrected chi connectivity index (χ0v) is 34.0. The number of nitrogens with zero attached hydrogens (tertiary/aromatic N) is 2. The lowest BCUT2D eigenvalue weighted by atomic mass is 9.94. The Morgan fingerprint density at radius 1 is 0.948 bits per heavy atom. The van der Waals surface area contributed by atoms with Gasteiger partial charge in [-0.3, -0.25) is 9.78 Å². The summed E-state index contributed by atoms with van der Waals surface area (Å²) in [6, 6.07) is 22.9. The molecule has 0 bridgehead atoms. The number of carboxylic acid groups (broad SMARTS) is 1. The standard InChI is InChI=1S/C42H44Cl2N4O9S/c1-58(53,54)31-18-26(21-46-24-31)25-56-41-28(22-47-23-29(50)20-39(51)52)19-37(43)42(48-41)57-38-13-12-34-33(5-3-6-35(34)38)36-7-2-4-32(40(36)44)27-8-10-30(11-9-27)55-17-15-45-14-16-49/h2-11,18-19,21,24,29,38,45,47,49-50H,12-17,20,22-23,25H2,1H3,(H,51,52)/t29-,38-/m0/s1. The number of halogens is 2. The molecule has 0 aliphatic heterocycles. The smallest absolute Gasteiger partial charge is 0.306 e. The molecule has 0 unspecified atom stereocenters. The third-order valence-electron chi connectivity index (χ3n) is 9.42. The second kappa shape index (κ2) is 19.8. The summed E-state index contributed by atoms with van der Waals surface area (Å²) in [5, 5.41) is 34.9. The fourth-order valence-electron chi connectivity index (χ4n) is 6.64. The van der Waals surface area contributed by atoms with E-state index < -0.39 is 34.4 Å². The normalized spacial score (nSPS) is 14.2. The van der Waals surface area contributed by atoms with Crippen LogP contribution < -0.4 is 24.8 Å². The highest BCUT2D eigenvalue weighted by atomic mass is 35.5. The number of aliphatic hydroxyl groups is 2. The summed E-state index contributed by atoms with van der Waals surface area (Å²) in [6.07, 6.45) is 3.26. The number of nitrogens with one attached hydrogen (secondary N) is 2. The van der Waals surface area contributed by atoms with Crippen molar-refractivity contribution in [2.75, 3.05) is 39.1 Å². The first kappa shape index (κ1) is 42.8. The van der Waals surface area contributed by atoms with Crippen LogP contribution in [-0.2, 0) is 34.2 Å². The van der Waals surface area contributed by atoms with Crippen molar-refractivity contribution in [3.05, 3.63) is 117 Å². The van der Waals surface area contributed by atoms with Crippen molar-refractivity contribution < 1.29 is 42.7 Å². The molecular weight excluding hydrogens is 807 g/mol. The summed E-state index contributed by atoms with van der Waals surface area (Å²) in [5.74, 6) is -0.112. The average molecular weight is 852 g/mol. The Labute approximate surface area is 346 Å². The highest BCUT2D eigenvalue weighted by Gasteiger charge is 2.29. The Balaban J connectivity index is 1.22. The van der Waals surface area contributed by atoms with Crippen LogP contribution in [0.4, 0.5) is 0 Å². The Kier molecular flexibility index (Phi) is 14.6. The van der Waals surface area contributed by atoms with E-state index in [2.05, 4.69) is 20.6 Å². The van der Waals surface area contributed by atoms with Gasteiger partial charge in [0.25, 0.3) is 0 Å². The number of pyridine rings is 2. The first-order valence-electron chi connectivity index (χ1n) is 18.6. The van der Waals surface area contributed by atoms with Crippen molar-refractivity contribution in [1.82, 2.24) is 20.6 Å². The summed E-state index contributed by atoms with van der Waals surface area (Å²) < 4.78 is 42.7. The first-order valence-corrected chi connectivity index (χ1v) is 21.2. The molecule has 2 atom stereocenters. The van der Waals surface area contributed by atoms with Gasteiger partial charge in [-0.15, -0.1) is 0 Å². The SMILES string of the molecule is CS(=O)(=O)c1cncc(COc2nc(O[C@H]3CCc4c(-c5cccc(-c6ccc(OCCNCCO)cc6)c5Cl)cccc43)c(Cl)cc2CNC[C@@H](O)CC(=O)O)c1. The number of benzene rings is 3. The lowest BCUT2D eigenvalue weighted by molar-refractivity contribution is -0.139. The summed E-state index contributed by atoms with van der Waals surface area (Å²) in [7, 11) is -3.51. The number of aromatic nitrogens is 2. The van der Waals surface area contributed by atoms with Crippen molar-refractivity contribution in [1.29, 1.82) is 0 Å². The predicted octanol–water partition coefficient (Wildman–Crippen LogP) is 6.05. The number of hydrogen-bond donors (Lipinski definition) is 5. The number of hydrogen-bond acceptors (Lipinski definition) is 12. The number of aliphatic hydroxyl groups excluding tert-OH is 2. The van der Waals surface area contributed by atoms with Gasteiger partial charge in [0.2, 0.25) is 11.8 Å². The number of sulfone groups is 1. The van der Waals surface area contributed by atoms with E-state index in [0.29, 0.717) is 48.7 Å². The highest BCUT2D eigenvalue weighted by Crippen LogP contribution is 2.45. The molecule has 6 rings (SSSR count). The van der Waals surface area contributed by atoms with Crippen LogP contribution in [-0.4, -0.2) is 84.9 Å². The number of fused-ring (bicyclic) bond motifs is 1. The van der Waals surface area contributed by atoms with Crippen molar-refractivity contribution in [2.45, 2.75) is 49.5 Å². The fourth-order valence-corrected chi connectivity index (χ4v) is 7.81. The molecule has 3 aromatic carbocycles. The third-order valence-corrected chi connectivity index (χ3v) is 11.2. The van der Waals surface area contributed by atoms with Crippen LogP contribution in [0.2, 0.25) is 10.0 Å². The Morgan fingerprint density at radius 3 is 2.47 bits per heavy atom. The highest BCUT2D eigenvalue weighted by molar-refractivity contribution is 7.90. The van der Waals surface area contributed by atoms with Gasteiger partial charge in [0, 0.05) is 67.1 Å². The molecule has 306 valence electrons. The van der Waals surface area contributed by atoms with Gasteiger partial charge in [-0.05, 0) is 59.4 Å². The molecule has 0 saturated carbocycles.